The van der Waals surface area contributed by atoms with E-state index in [1.807, 2.05) is 47.0 Å². The first-order valence-electron chi connectivity index (χ1n) is 10.9. The summed E-state index contributed by atoms with van der Waals surface area (Å²) in [7, 11) is 1.61. The number of halogens is 2. The number of hydrazine groups is 1. The third-order valence-corrected chi connectivity index (χ3v) is 5.83. The second kappa shape index (κ2) is 8.74. The fourth-order valence-corrected chi connectivity index (χ4v) is 4.34. The van der Waals surface area contributed by atoms with E-state index < -0.39 is 11.6 Å². The van der Waals surface area contributed by atoms with Crippen LogP contribution in [0.4, 0.5) is 14.5 Å². The molecule has 2 aliphatic heterocycles. The average molecular weight is 463 g/mol. The molecule has 0 radical (unpaired) electrons. The first-order valence-corrected chi connectivity index (χ1v) is 10.9. The van der Waals surface area contributed by atoms with Gasteiger partial charge < -0.3 is 9.30 Å². The Bertz CT molecular complexity index is 1310. The van der Waals surface area contributed by atoms with E-state index in [-0.39, 0.29) is 18.1 Å². The minimum atomic E-state index is -0.695. The molecule has 0 saturated carbocycles. The van der Waals surface area contributed by atoms with E-state index in [0.29, 0.717) is 18.1 Å². The number of aromatic nitrogens is 2. The highest BCUT2D eigenvalue weighted by Gasteiger charge is 2.33. The van der Waals surface area contributed by atoms with Gasteiger partial charge in [-0.1, -0.05) is 6.07 Å². The monoisotopic (exact) mass is 463 g/mol. The maximum atomic E-state index is 13.9. The van der Waals surface area contributed by atoms with Gasteiger partial charge in [0.2, 0.25) is 0 Å². The molecule has 1 aromatic heterocycles. The predicted molar refractivity (Wildman–Crippen MR) is 125 cm³/mol. The largest absolute Gasteiger partial charge is 0.495 e. The lowest BCUT2D eigenvalue weighted by Crippen LogP contribution is -2.55. The molecule has 3 heterocycles. The Kier molecular flexibility index (Phi) is 5.61. The van der Waals surface area contributed by atoms with Gasteiger partial charge >= 0.3 is 0 Å². The van der Waals surface area contributed by atoms with Crippen LogP contribution >= 0.6 is 0 Å². The number of imidazole rings is 1. The summed E-state index contributed by atoms with van der Waals surface area (Å²) in [5.41, 5.74) is 3.80. The molecule has 0 N–H and O–H groups in total. The number of carbonyl (C=O) groups excluding carboxylic acids is 1. The molecule has 1 fully saturated rings. The number of fused-ring (bicyclic) bond motifs is 1. The van der Waals surface area contributed by atoms with Crippen LogP contribution in [0.25, 0.3) is 11.8 Å². The number of rotatable bonds is 4. The Morgan fingerprint density at radius 2 is 1.88 bits per heavy atom. The number of nitrogens with zero attached hydrogens (tertiary/aromatic N) is 5. The number of amides is 1. The number of piperidine rings is 1. The SMILES string of the molecule is COc1cc(/C=C2\CCCN3C2=NC(=O)CN3c2cc(F)cc(F)c2)ccc1-n1cnc(C)c1. The second-order valence-electron chi connectivity index (χ2n) is 8.26. The van der Waals surface area contributed by atoms with Crippen LogP contribution in [0.1, 0.15) is 24.1 Å². The highest BCUT2D eigenvalue weighted by molar-refractivity contribution is 6.11. The maximum absolute atomic E-state index is 13.9. The van der Waals surface area contributed by atoms with Gasteiger partial charge in [-0.3, -0.25) is 14.8 Å². The normalized spacial score (nSPS) is 17.1. The summed E-state index contributed by atoms with van der Waals surface area (Å²) < 4.78 is 35.2. The molecule has 3 aromatic rings. The molecular weight excluding hydrogens is 440 g/mol. The van der Waals surface area contributed by atoms with Crippen molar-refractivity contribution in [2.24, 2.45) is 4.99 Å². The zero-order valence-corrected chi connectivity index (χ0v) is 18.8. The molecule has 34 heavy (non-hydrogen) atoms. The van der Waals surface area contributed by atoms with Crippen LogP contribution in [0.5, 0.6) is 5.75 Å². The quantitative estimate of drug-likeness (QED) is 0.577. The molecule has 0 unspecified atom stereocenters. The van der Waals surface area contributed by atoms with Crippen molar-refractivity contribution in [1.82, 2.24) is 14.6 Å². The minimum absolute atomic E-state index is 0.0769. The van der Waals surface area contributed by atoms with Crippen molar-refractivity contribution in [3.8, 4) is 11.4 Å². The van der Waals surface area contributed by atoms with Crippen LogP contribution in [0.2, 0.25) is 0 Å². The lowest BCUT2D eigenvalue weighted by Gasteiger charge is -2.43. The van der Waals surface area contributed by atoms with E-state index in [2.05, 4.69) is 9.98 Å². The lowest BCUT2D eigenvalue weighted by molar-refractivity contribution is -0.117. The number of aryl methyl sites for hydroxylation is 1. The fraction of sp³-hybridized carbons (Fsp3) is 0.240. The van der Waals surface area contributed by atoms with Gasteiger partial charge in [0.15, 0.2) is 5.84 Å². The molecule has 0 atom stereocenters. The van der Waals surface area contributed by atoms with Crippen LogP contribution in [-0.4, -0.2) is 46.5 Å². The van der Waals surface area contributed by atoms with Crippen molar-refractivity contribution >= 4 is 23.5 Å². The minimum Gasteiger partial charge on any atom is -0.495 e. The van der Waals surface area contributed by atoms with Crippen molar-refractivity contribution < 1.29 is 18.3 Å². The molecule has 1 saturated heterocycles. The summed E-state index contributed by atoms with van der Waals surface area (Å²) in [6, 6.07) is 9.08. The molecule has 0 aliphatic carbocycles. The zero-order valence-electron chi connectivity index (χ0n) is 18.8. The van der Waals surface area contributed by atoms with E-state index in [1.165, 1.54) is 12.1 Å². The van der Waals surface area contributed by atoms with Gasteiger partial charge in [0.1, 0.15) is 23.9 Å². The van der Waals surface area contributed by atoms with Gasteiger partial charge in [0.05, 0.1) is 30.5 Å². The molecule has 2 aromatic carbocycles. The smallest absolute Gasteiger partial charge is 0.269 e. The molecule has 5 rings (SSSR count). The number of ether oxygens (including phenoxy) is 1. The summed E-state index contributed by atoms with van der Waals surface area (Å²) in [4.78, 5) is 21.0. The van der Waals surface area contributed by atoms with Crippen LogP contribution in [0, 0.1) is 18.6 Å². The van der Waals surface area contributed by atoms with E-state index in [4.69, 9.17) is 4.74 Å². The summed E-state index contributed by atoms with van der Waals surface area (Å²) in [6.45, 7) is 2.43. The van der Waals surface area contributed by atoms with Gasteiger partial charge in [-0.25, -0.2) is 13.8 Å². The van der Waals surface area contributed by atoms with E-state index in [0.717, 1.165) is 41.4 Å². The molecule has 0 spiro atoms. The van der Waals surface area contributed by atoms with E-state index in [9.17, 15) is 13.6 Å². The molecule has 1 amide bonds. The first-order chi connectivity index (χ1) is 16.4. The predicted octanol–water partition coefficient (Wildman–Crippen LogP) is 4.31. The number of amidine groups is 1. The van der Waals surface area contributed by atoms with Crippen molar-refractivity contribution in [1.29, 1.82) is 0 Å². The highest BCUT2D eigenvalue weighted by atomic mass is 19.1. The van der Waals surface area contributed by atoms with Crippen LogP contribution < -0.4 is 9.75 Å². The van der Waals surface area contributed by atoms with Crippen LogP contribution in [-0.2, 0) is 4.79 Å². The zero-order chi connectivity index (χ0) is 23.8. The third-order valence-electron chi connectivity index (χ3n) is 5.83. The van der Waals surface area contributed by atoms with Gasteiger partial charge in [-0.05, 0) is 61.2 Å². The fourth-order valence-electron chi connectivity index (χ4n) is 4.34. The number of carbonyl (C=O) groups is 1. The second-order valence-corrected chi connectivity index (χ2v) is 8.26. The van der Waals surface area contributed by atoms with E-state index >= 15 is 0 Å². The Labute approximate surface area is 195 Å². The Balaban J connectivity index is 1.50. The molecule has 2 aliphatic rings. The number of aliphatic imine (C=N–C) groups is 1. The number of hydrogen-bond acceptors (Lipinski definition) is 5. The van der Waals surface area contributed by atoms with Crippen molar-refractivity contribution in [2.45, 2.75) is 19.8 Å². The van der Waals surface area contributed by atoms with Crippen molar-refractivity contribution in [3.05, 3.63) is 77.4 Å². The Morgan fingerprint density at radius 1 is 1.09 bits per heavy atom. The lowest BCUT2D eigenvalue weighted by atomic mass is 10.00. The topological polar surface area (TPSA) is 63.0 Å². The highest BCUT2D eigenvalue weighted by Crippen LogP contribution is 2.31. The van der Waals surface area contributed by atoms with Gasteiger partial charge in [-0.2, -0.15) is 4.99 Å². The number of anilines is 1. The Hall–Kier alpha value is -4.01. The summed E-state index contributed by atoms with van der Waals surface area (Å²) in [5, 5.41) is 3.42. The number of methoxy groups -OCH3 is 1. The van der Waals surface area contributed by atoms with Gasteiger partial charge in [0.25, 0.3) is 5.91 Å². The van der Waals surface area contributed by atoms with Crippen molar-refractivity contribution in [2.75, 3.05) is 25.2 Å². The number of benzene rings is 2. The van der Waals surface area contributed by atoms with Crippen LogP contribution in [0.15, 0.2) is 59.5 Å². The van der Waals surface area contributed by atoms with Gasteiger partial charge in [-0.15, -0.1) is 0 Å². The molecular formula is C25H23F2N5O2. The molecule has 0 bridgehead atoms. The summed E-state index contributed by atoms with van der Waals surface area (Å²) in [5.74, 6) is -0.579. The standard InChI is InChI=1S/C25H23F2N5O2/c1-16-13-30(15-28-16)22-6-5-17(9-23(22)34-2)8-18-4-3-7-31-25(18)29-24(33)14-32(31)21-11-19(26)10-20(27)12-21/h5-6,8-13,15H,3-4,7,14H2,1-2H3/b18-8+. The maximum Gasteiger partial charge on any atom is 0.269 e. The van der Waals surface area contributed by atoms with Gasteiger partial charge in [0, 0.05) is 18.8 Å². The average Bonchev–Trinajstić information content (AvgIpc) is 3.24. The molecule has 9 heteroatoms. The number of hydrogen-bond donors (Lipinski definition) is 0. The van der Waals surface area contributed by atoms with Crippen LogP contribution in [0.3, 0.4) is 0 Å². The van der Waals surface area contributed by atoms with E-state index in [1.54, 1.807) is 18.4 Å². The summed E-state index contributed by atoms with van der Waals surface area (Å²) >= 11 is 0. The summed E-state index contributed by atoms with van der Waals surface area (Å²) in [6.07, 6.45) is 7.15. The third kappa shape index (κ3) is 4.16. The first kappa shape index (κ1) is 21.8. The Morgan fingerprint density at radius 3 is 2.59 bits per heavy atom. The molecule has 174 valence electrons. The molecule has 7 nitrogen and oxygen atoms in total. The van der Waals surface area contributed by atoms with Crippen molar-refractivity contribution in [3.63, 3.8) is 0 Å².